The molecule has 1 N–H and O–H groups in total. The molecule has 0 aliphatic heterocycles. The van der Waals surface area contributed by atoms with Crippen molar-refractivity contribution in [1.29, 1.82) is 5.26 Å². The predicted molar refractivity (Wildman–Crippen MR) is 60.1 cm³/mol. The molecule has 0 aromatic heterocycles. The summed E-state index contributed by atoms with van der Waals surface area (Å²) in [6.07, 6.45) is 0.242. The highest BCUT2D eigenvalue weighted by Gasteiger charge is 2.04. The molecule has 5 heteroatoms. The molecule has 0 fully saturated rings. The van der Waals surface area contributed by atoms with E-state index in [9.17, 15) is 4.79 Å². The van der Waals surface area contributed by atoms with E-state index in [0.29, 0.717) is 16.3 Å². The summed E-state index contributed by atoms with van der Waals surface area (Å²) in [6.45, 7) is 0. The molecule has 0 aliphatic carbocycles. The molecule has 0 saturated carbocycles. The van der Waals surface area contributed by atoms with Crippen molar-refractivity contribution >= 4 is 34.8 Å². The fraction of sp³-hybridized carbons (Fsp3) is 0.200. The molecule has 78 valence electrons. The SMILES string of the molecule is N#Cc1cc(NC(=O)CCCl)ccc1Cl. The number of hydrogen-bond acceptors (Lipinski definition) is 2. The zero-order chi connectivity index (χ0) is 11.3. The van der Waals surface area contributed by atoms with E-state index in [2.05, 4.69) is 5.32 Å². The van der Waals surface area contributed by atoms with Gasteiger partial charge in [-0.2, -0.15) is 5.26 Å². The Labute approximate surface area is 97.6 Å². The van der Waals surface area contributed by atoms with Crippen LogP contribution in [0.25, 0.3) is 0 Å². The van der Waals surface area contributed by atoms with Gasteiger partial charge in [0.05, 0.1) is 10.6 Å². The van der Waals surface area contributed by atoms with Gasteiger partial charge in [0.25, 0.3) is 0 Å². The molecule has 0 bridgehead atoms. The van der Waals surface area contributed by atoms with Gasteiger partial charge >= 0.3 is 0 Å². The Hall–Kier alpha value is -1.24. The highest BCUT2D eigenvalue weighted by atomic mass is 35.5. The first-order valence-electron chi connectivity index (χ1n) is 4.23. The molecule has 0 spiro atoms. The lowest BCUT2D eigenvalue weighted by molar-refractivity contribution is -0.115. The van der Waals surface area contributed by atoms with Crippen LogP contribution in [0.5, 0.6) is 0 Å². The normalized spacial score (nSPS) is 9.40. The third-order valence-electron chi connectivity index (χ3n) is 1.69. The van der Waals surface area contributed by atoms with E-state index >= 15 is 0 Å². The number of nitrogens with one attached hydrogen (secondary N) is 1. The van der Waals surface area contributed by atoms with Crippen molar-refractivity contribution in [3.63, 3.8) is 0 Å². The quantitative estimate of drug-likeness (QED) is 0.830. The largest absolute Gasteiger partial charge is 0.326 e. The zero-order valence-corrected chi connectivity index (χ0v) is 9.27. The van der Waals surface area contributed by atoms with E-state index < -0.39 is 0 Å². The van der Waals surface area contributed by atoms with Crippen molar-refractivity contribution in [1.82, 2.24) is 0 Å². The number of anilines is 1. The highest BCUT2D eigenvalue weighted by Crippen LogP contribution is 2.19. The van der Waals surface area contributed by atoms with Gasteiger partial charge < -0.3 is 5.32 Å². The van der Waals surface area contributed by atoms with Gasteiger partial charge in [0.1, 0.15) is 6.07 Å². The molecule has 15 heavy (non-hydrogen) atoms. The molecular formula is C10H8Cl2N2O. The molecule has 1 aromatic rings. The number of benzene rings is 1. The van der Waals surface area contributed by atoms with Gasteiger partial charge in [0.15, 0.2) is 0 Å². The number of halogens is 2. The van der Waals surface area contributed by atoms with Gasteiger partial charge in [0, 0.05) is 18.0 Å². The molecule has 0 atom stereocenters. The number of hydrogen-bond donors (Lipinski definition) is 1. The van der Waals surface area contributed by atoms with Crippen LogP contribution in [-0.2, 0) is 4.79 Å². The summed E-state index contributed by atoms with van der Waals surface area (Å²) in [6, 6.07) is 6.65. The van der Waals surface area contributed by atoms with Crippen molar-refractivity contribution in [2.75, 3.05) is 11.2 Å². The maximum Gasteiger partial charge on any atom is 0.225 e. The van der Waals surface area contributed by atoms with Crippen molar-refractivity contribution in [3.05, 3.63) is 28.8 Å². The number of alkyl halides is 1. The first kappa shape index (κ1) is 11.8. The molecular weight excluding hydrogens is 235 g/mol. The van der Waals surface area contributed by atoms with Crippen LogP contribution in [0.3, 0.4) is 0 Å². The van der Waals surface area contributed by atoms with Gasteiger partial charge in [-0.25, -0.2) is 0 Å². The number of amides is 1. The molecule has 0 unspecified atom stereocenters. The molecule has 0 saturated heterocycles. The monoisotopic (exact) mass is 242 g/mol. The van der Waals surface area contributed by atoms with Crippen LogP contribution < -0.4 is 5.32 Å². The highest BCUT2D eigenvalue weighted by molar-refractivity contribution is 6.31. The number of rotatable bonds is 3. The van der Waals surface area contributed by atoms with E-state index in [1.54, 1.807) is 12.1 Å². The van der Waals surface area contributed by atoms with E-state index in [1.807, 2.05) is 6.07 Å². The smallest absolute Gasteiger partial charge is 0.225 e. The Balaban J connectivity index is 2.80. The Morgan fingerprint density at radius 1 is 1.53 bits per heavy atom. The third kappa shape index (κ3) is 3.43. The Morgan fingerprint density at radius 3 is 2.87 bits per heavy atom. The molecule has 1 amide bonds. The maximum absolute atomic E-state index is 11.2. The van der Waals surface area contributed by atoms with Gasteiger partial charge in [-0.1, -0.05) is 11.6 Å². The molecule has 1 rings (SSSR count). The van der Waals surface area contributed by atoms with Crippen LogP contribution in [0.1, 0.15) is 12.0 Å². The second kappa shape index (κ2) is 5.59. The minimum atomic E-state index is -0.184. The summed E-state index contributed by atoms with van der Waals surface area (Å²) in [5, 5.41) is 11.7. The van der Waals surface area contributed by atoms with Crippen LogP contribution in [0.15, 0.2) is 18.2 Å². The van der Waals surface area contributed by atoms with Crippen molar-refractivity contribution < 1.29 is 4.79 Å². The fourth-order valence-electron chi connectivity index (χ4n) is 0.998. The Morgan fingerprint density at radius 2 is 2.27 bits per heavy atom. The number of carbonyl (C=O) groups excluding carboxylic acids is 1. The van der Waals surface area contributed by atoms with Crippen molar-refractivity contribution in [2.24, 2.45) is 0 Å². The average molecular weight is 243 g/mol. The second-order valence-corrected chi connectivity index (χ2v) is 3.58. The molecule has 1 aromatic carbocycles. The summed E-state index contributed by atoms with van der Waals surface area (Å²) in [4.78, 5) is 11.2. The lowest BCUT2D eigenvalue weighted by atomic mass is 10.2. The summed E-state index contributed by atoms with van der Waals surface area (Å²) in [5.74, 6) is 0.0843. The lowest BCUT2D eigenvalue weighted by Crippen LogP contribution is -2.11. The Bertz CT molecular complexity index is 412. The Kier molecular flexibility index (Phi) is 4.41. The van der Waals surface area contributed by atoms with Crippen LogP contribution in [-0.4, -0.2) is 11.8 Å². The second-order valence-electron chi connectivity index (χ2n) is 2.79. The van der Waals surface area contributed by atoms with Crippen LogP contribution in [0, 0.1) is 11.3 Å². The number of nitriles is 1. The molecule has 3 nitrogen and oxygen atoms in total. The van der Waals surface area contributed by atoms with Crippen LogP contribution in [0.4, 0.5) is 5.69 Å². The van der Waals surface area contributed by atoms with Crippen molar-refractivity contribution in [3.8, 4) is 6.07 Å². The van der Waals surface area contributed by atoms with E-state index in [0.717, 1.165) is 0 Å². The molecule has 0 radical (unpaired) electrons. The zero-order valence-electron chi connectivity index (χ0n) is 7.76. The van der Waals surface area contributed by atoms with Gasteiger partial charge in [-0.05, 0) is 18.2 Å². The van der Waals surface area contributed by atoms with E-state index in [-0.39, 0.29) is 18.2 Å². The topological polar surface area (TPSA) is 52.9 Å². The van der Waals surface area contributed by atoms with Crippen LogP contribution in [0.2, 0.25) is 5.02 Å². The summed E-state index contributed by atoms with van der Waals surface area (Å²) >= 11 is 11.1. The summed E-state index contributed by atoms with van der Waals surface area (Å²) in [5.41, 5.74) is 0.881. The lowest BCUT2D eigenvalue weighted by Gasteiger charge is -2.04. The number of carbonyl (C=O) groups is 1. The fourth-order valence-corrected chi connectivity index (χ4v) is 1.33. The predicted octanol–water partition coefficient (Wildman–Crippen LogP) is 2.78. The molecule has 0 heterocycles. The van der Waals surface area contributed by atoms with Gasteiger partial charge in [-0.15, -0.1) is 11.6 Å². The summed E-state index contributed by atoms with van der Waals surface area (Å²) in [7, 11) is 0. The van der Waals surface area contributed by atoms with E-state index in [1.165, 1.54) is 6.07 Å². The third-order valence-corrected chi connectivity index (χ3v) is 2.21. The first-order valence-corrected chi connectivity index (χ1v) is 5.14. The first-order chi connectivity index (χ1) is 7.17. The summed E-state index contributed by atoms with van der Waals surface area (Å²) < 4.78 is 0. The number of nitrogens with zero attached hydrogens (tertiary/aromatic N) is 1. The standard InChI is InChI=1S/C10H8Cl2N2O/c11-4-3-10(15)14-8-1-2-9(12)7(5-8)6-13/h1-2,5H,3-4H2,(H,14,15). The minimum absolute atomic E-state index is 0.184. The minimum Gasteiger partial charge on any atom is -0.326 e. The van der Waals surface area contributed by atoms with Crippen LogP contribution >= 0.6 is 23.2 Å². The van der Waals surface area contributed by atoms with Gasteiger partial charge in [0.2, 0.25) is 5.91 Å². The maximum atomic E-state index is 11.2. The van der Waals surface area contributed by atoms with Gasteiger partial charge in [-0.3, -0.25) is 4.79 Å². The molecule has 0 aliphatic rings. The van der Waals surface area contributed by atoms with E-state index in [4.69, 9.17) is 28.5 Å². The average Bonchev–Trinajstić information content (AvgIpc) is 2.21. The van der Waals surface area contributed by atoms with Crippen molar-refractivity contribution in [2.45, 2.75) is 6.42 Å².